The third-order valence-electron chi connectivity index (χ3n) is 3.53. The number of carbonyl (C=O) groups is 2. The third-order valence-corrected chi connectivity index (χ3v) is 4.62. The molecule has 2 aromatic heterocycles. The van der Waals surface area contributed by atoms with Crippen LogP contribution in [-0.4, -0.2) is 39.9 Å². The van der Waals surface area contributed by atoms with Gasteiger partial charge in [-0.25, -0.2) is 14.8 Å². The van der Waals surface area contributed by atoms with E-state index in [9.17, 15) is 9.59 Å². The molecule has 1 fully saturated rings. The topological polar surface area (TPSA) is 83.4 Å². The lowest BCUT2D eigenvalue weighted by molar-refractivity contribution is 0.0702. The molecule has 0 radical (unpaired) electrons. The number of carbonyl (C=O) groups excluding carboxylic acids is 1. The lowest BCUT2D eigenvalue weighted by Gasteiger charge is -2.14. The number of carboxylic acid groups (broad SMARTS) is 1. The molecule has 0 aliphatic carbocycles. The normalized spacial score (nSPS) is 14.5. The zero-order chi connectivity index (χ0) is 16.2. The van der Waals surface area contributed by atoms with Crippen molar-refractivity contribution >= 4 is 35.1 Å². The van der Waals surface area contributed by atoms with Crippen LogP contribution in [0.25, 0.3) is 6.08 Å². The van der Waals surface area contributed by atoms with Crippen molar-refractivity contribution in [2.75, 3.05) is 18.0 Å². The maximum Gasteiger partial charge on any atom is 0.345 e. The zero-order valence-electron chi connectivity index (χ0n) is 12.3. The molecule has 0 atom stereocenters. The van der Waals surface area contributed by atoms with Crippen LogP contribution in [0.2, 0.25) is 0 Å². The molecule has 0 unspecified atom stereocenters. The molecule has 3 heterocycles. The molecule has 0 aromatic carbocycles. The zero-order valence-corrected chi connectivity index (χ0v) is 13.1. The number of nitrogens with zero attached hydrogens (tertiary/aromatic N) is 3. The van der Waals surface area contributed by atoms with Gasteiger partial charge in [0.25, 0.3) is 0 Å². The van der Waals surface area contributed by atoms with Crippen molar-refractivity contribution in [3.05, 3.63) is 45.9 Å². The Hall–Kier alpha value is -2.54. The summed E-state index contributed by atoms with van der Waals surface area (Å²) in [4.78, 5) is 34.1. The molecule has 7 heteroatoms. The van der Waals surface area contributed by atoms with Gasteiger partial charge in [0.15, 0.2) is 5.78 Å². The van der Waals surface area contributed by atoms with E-state index in [1.165, 1.54) is 31.1 Å². The van der Waals surface area contributed by atoms with Crippen molar-refractivity contribution in [1.29, 1.82) is 0 Å². The van der Waals surface area contributed by atoms with Crippen LogP contribution in [0.15, 0.2) is 30.6 Å². The number of thiophene rings is 1. The molecular formula is C16H15N3O3S. The highest BCUT2D eigenvalue weighted by atomic mass is 32.1. The van der Waals surface area contributed by atoms with Crippen LogP contribution < -0.4 is 4.90 Å². The summed E-state index contributed by atoms with van der Waals surface area (Å²) < 4.78 is 0. The Labute approximate surface area is 137 Å². The number of carboxylic acids is 1. The highest BCUT2D eigenvalue weighted by Gasteiger charge is 2.14. The van der Waals surface area contributed by atoms with Gasteiger partial charge in [-0.2, -0.15) is 0 Å². The van der Waals surface area contributed by atoms with Crippen molar-refractivity contribution in [3.8, 4) is 0 Å². The molecule has 0 spiro atoms. The van der Waals surface area contributed by atoms with Gasteiger partial charge < -0.3 is 10.0 Å². The maximum absolute atomic E-state index is 12.0. The molecule has 6 nitrogen and oxygen atoms in total. The summed E-state index contributed by atoms with van der Waals surface area (Å²) in [5.74, 6) is -0.537. The summed E-state index contributed by atoms with van der Waals surface area (Å²) in [6.07, 6.45) is 8.74. The summed E-state index contributed by atoms with van der Waals surface area (Å²) in [6, 6.07) is 2.95. The monoisotopic (exact) mass is 329 g/mol. The van der Waals surface area contributed by atoms with Crippen LogP contribution in [0.1, 0.15) is 37.7 Å². The summed E-state index contributed by atoms with van der Waals surface area (Å²) in [5, 5.41) is 8.86. The van der Waals surface area contributed by atoms with E-state index in [4.69, 9.17) is 5.11 Å². The molecule has 0 saturated carbocycles. The average molecular weight is 329 g/mol. The predicted molar refractivity (Wildman–Crippen MR) is 88.1 cm³/mol. The Morgan fingerprint density at radius 3 is 2.39 bits per heavy atom. The van der Waals surface area contributed by atoms with Gasteiger partial charge in [0.1, 0.15) is 4.88 Å². The third kappa shape index (κ3) is 3.62. The summed E-state index contributed by atoms with van der Waals surface area (Å²) >= 11 is 0.965. The molecule has 0 amide bonds. The highest BCUT2D eigenvalue weighted by molar-refractivity contribution is 7.16. The van der Waals surface area contributed by atoms with Crippen LogP contribution in [0.5, 0.6) is 0 Å². The number of hydrogen-bond donors (Lipinski definition) is 1. The van der Waals surface area contributed by atoms with Gasteiger partial charge >= 0.3 is 5.97 Å². The minimum Gasteiger partial charge on any atom is -0.477 e. The fraction of sp³-hybridized carbons (Fsp3) is 0.250. The number of aromatic nitrogens is 2. The SMILES string of the molecule is O=C(O)c1ccc(C(=O)/C=C/c2cnc(N3CCCC3)nc2)s1. The first-order valence-electron chi connectivity index (χ1n) is 7.26. The Balaban J connectivity index is 1.66. The Morgan fingerprint density at radius 2 is 1.78 bits per heavy atom. The second kappa shape index (κ2) is 6.70. The maximum atomic E-state index is 12.0. The largest absolute Gasteiger partial charge is 0.477 e. The van der Waals surface area contributed by atoms with Crippen molar-refractivity contribution in [3.63, 3.8) is 0 Å². The quantitative estimate of drug-likeness (QED) is 0.671. The van der Waals surface area contributed by atoms with Crippen molar-refractivity contribution in [2.45, 2.75) is 12.8 Å². The van der Waals surface area contributed by atoms with Gasteiger partial charge in [0, 0.05) is 31.0 Å². The van der Waals surface area contributed by atoms with Gasteiger partial charge in [-0.05, 0) is 37.1 Å². The van der Waals surface area contributed by atoms with E-state index in [-0.39, 0.29) is 10.7 Å². The van der Waals surface area contributed by atoms with Gasteiger partial charge in [0.2, 0.25) is 5.95 Å². The lowest BCUT2D eigenvalue weighted by Crippen LogP contribution is -2.20. The standard InChI is InChI=1S/C16H15N3O3S/c20-12(13-5-6-14(23-13)15(21)22)4-3-11-9-17-16(18-10-11)19-7-1-2-8-19/h3-6,9-10H,1-2,7-8H2,(H,21,22)/b4-3+. The average Bonchev–Trinajstić information content (AvgIpc) is 3.24. The fourth-order valence-corrected chi connectivity index (χ4v) is 3.10. The number of aromatic carboxylic acids is 1. The molecule has 1 saturated heterocycles. The summed E-state index contributed by atoms with van der Waals surface area (Å²) in [6.45, 7) is 1.97. The second-order valence-electron chi connectivity index (χ2n) is 5.18. The van der Waals surface area contributed by atoms with Crippen LogP contribution in [0.3, 0.4) is 0 Å². The number of ketones is 1. The van der Waals surface area contributed by atoms with E-state index < -0.39 is 5.97 Å². The first kappa shape index (κ1) is 15.4. The van der Waals surface area contributed by atoms with Gasteiger partial charge in [-0.15, -0.1) is 11.3 Å². The van der Waals surface area contributed by atoms with E-state index in [0.717, 1.165) is 35.9 Å². The minimum absolute atomic E-state index is 0.153. The van der Waals surface area contributed by atoms with Crippen molar-refractivity contribution in [2.24, 2.45) is 0 Å². The molecule has 118 valence electrons. The smallest absolute Gasteiger partial charge is 0.345 e. The second-order valence-corrected chi connectivity index (χ2v) is 6.26. The first-order valence-corrected chi connectivity index (χ1v) is 8.07. The van der Waals surface area contributed by atoms with Crippen molar-refractivity contribution in [1.82, 2.24) is 9.97 Å². The Kier molecular flexibility index (Phi) is 4.47. The van der Waals surface area contributed by atoms with Crippen molar-refractivity contribution < 1.29 is 14.7 Å². The van der Waals surface area contributed by atoms with Crippen LogP contribution in [-0.2, 0) is 0 Å². The number of anilines is 1. The molecule has 1 N–H and O–H groups in total. The number of hydrogen-bond acceptors (Lipinski definition) is 6. The molecule has 23 heavy (non-hydrogen) atoms. The van der Waals surface area contributed by atoms with Gasteiger partial charge in [-0.1, -0.05) is 0 Å². The fourth-order valence-electron chi connectivity index (χ4n) is 2.34. The summed E-state index contributed by atoms with van der Waals surface area (Å²) in [7, 11) is 0. The van der Waals surface area contributed by atoms with Gasteiger partial charge in [-0.3, -0.25) is 4.79 Å². The molecule has 3 rings (SSSR count). The Bertz CT molecular complexity index is 746. The minimum atomic E-state index is -1.02. The van der Waals surface area contributed by atoms with E-state index in [1.807, 2.05) is 0 Å². The molecule has 0 bridgehead atoms. The predicted octanol–water partition coefficient (Wildman–Crippen LogP) is 2.73. The first-order chi connectivity index (χ1) is 11.1. The molecule has 1 aliphatic rings. The van der Waals surface area contributed by atoms with Crippen LogP contribution >= 0.6 is 11.3 Å². The van der Waals surface area contributed by atoms with Gasteiger partial charge in [0.05, 0.1) is 4.88 Å². The van der Waals surface area contributed by atoms with E-state index in [0.29, 0.717) is 4.88 Å². The van der Waals surface area contributed by atoms with Crippen LogP contribution in [0, 0.1) is 0 Å². The number of rotatable bonds is 5. The number of allylic oxidation sites excluding steroid dienone is 1. The Morgan fingerprint density at radius 1 is 1.13 bits per heavy atom. The van der Waals surface area contributed by atoms with E-state index in [2.05, 4.69) is 14.9 Å². The molecule has 1 aliphatic heterocycles. The lowest BCUT2D eigenvalue weighted by atomic mass is 10.2. The highest BCUT2D eigenvalue weighted by Crippen LogP contribution is 2.18. The van der Waals surface area contributed by atoms with Crippen LogP contribution in [0.4, 0.5) is 5.95 Å². The van der Waals surface area contributed by atoms with E-state index >= 15 is 0 Å². The van der Waals surface area contributed by atoms with E-state index in [1.54, 1.807) is 18.5 Å². The molecule has 2 aromatic rings. The summed E-state index contributed by atoms with van der Waals surface area (Å²) in [5.41, 5.74) is 0.733. The molecular weight excluding hydrogens is 314 g/mol.